The third-order valence-corrected chi connectivity index (χ3v) is 5.02. The number of rotatable bonds is 3. The molecule has 0 amide bonds. The highest BCUT2D eigenvalue weighted by Crippen LogP contribution is 2.40. The number of halogens is 3. The first-order valence-corrected chi connectivity index (χ1v) is 8.82. The van der Waals surface area contributed by atoms with Gasteiger partial charge in [0, 0.05) is 0 Å². The van der Waals surface area contributed by atoms with E-state index < -0.39 is 32.4 Å². The standard InChI is InChI=1S/C17H14F3NO2S/c18-14-6-4-10(8-15(14)19)12-2-1-3-13(12)11-5-7-17(16(20)9-11)24(21,22)23/h4-9H,1-3H2,(H2,21,22,23). The van der Waals surface area contributed by atoms with Gasteiger partial charge in [0.05, 0.1) is 0 Å². The molecule has 0 aromatic heterocycles. The third-order valence-electron chi connectivity index (χ3n) is 4.07. The Balaban J connectivity index is 2.09. The normalized spacial score (nSPS) is 15.2. The topological polar surface area (TPSA) is 60.2 Å². The Bertz CT molecular complexity index is 952. The van der Waals surface area contributed by atoms with Gasteiger partial charge in [0.2, 0.25) is 10.0 Å². The lowest BCUT2D eigenvalue weighted by Crippen LogP contribution is -2.14. The summed E-state index contributed by atoms with van der Waals surface area (Å²) in [6.07, 6.45) is 2.09. The Hall–Kier alpha value is -2.12. The summed E-state index contributed by atoms with van der Waals surface area (Å²) < 4.78 is 63.2. The van der Waals surface area contributed by atoms with Crippen molar-refractivity contribution in [3.05, 3.63) is 65.0 Å². The molecule has 0 spiro atoms. The number of hydrogen-bond acceptors (Lipinski definition) is 2. The lowest BCUT2D eigenvalue weighted by atomic mass is 9.97. The van der Waals surface area contributed by atoms with Gasteiger partial charge in [-0.3, -0.25) is 0 Å². The molecule has 3 nitrogen and oxygen atoms in total. The molecule has 3 rings (SSSR count). The first-order chi connectivity index (χ1) is 11.3. The highest BCUT2D eigenvalue weighted by molar-refractivity contribution is 7.89. The Labute approximate surface area is 137 Å². The molecule has 24 heavy (non-hydrogen) atoms. The van der Waals surface area contributed by atoms with Crippen LogP contribution in [0.3, 0.4) is 0 Å². The molecule has 126 valence electrons. The minimum atomic E-state index is -4.13. The summed E-state index contributed by atoms with van der Waals surface area (Å²) in [7, 11) is -4.13. The highest BCUT2D eigenvalue weighted by atomic mass is 32.2. The average Bonchev–Trinajstić information content (AvgIpc) is 2.98. The SMILES string of the molecule is NS(=O)(=O)c1ccc(C2=C(c3ccc(F)c(F)c3)CCC2)cc1F. The van der Waals surface area contributed by atoms with Crippen LogP contribution < -0.4 is 5.14 Å². The van der Waals surface area contributed by atoms with E-state index in [0.29, 0.717) is 24.0 Å². The van der Waals surface area contributed by atoms with Crippen LogP contribution in [0.1, 0.15) is 30.4 Å². The van der Waals surface area contributed by atoms with Crippen molar-refractivity contribution in [3.63, 3.8) is 0 Å². The average molecular weight is 353 g/mol. The molecule has 0 saturated heterocycles. The molecule has 2 aromatic rings. The Morgan fingerprint density at radius 2 is 1.33 bits per heavy atom. The molecule has 0 atom stereocenters. The first kappa shape index (κ1) is 16.7. The van der Waals surface area contributed by atoms with Crippen molar-refractivity contribution in [3.8, 4) is 0 Å². The summed E-state index contributed by atoms with van der Waals surface area (Å²) in [6, 6.07) is 7.36. The Morgan fingerprint density at radius 1 is 0.792 bits per heavy atom. The van der Waals surface area contributed by atoms with E-state index in [1.807, 2.05) is 0 Å². The second-order valence-corrected chi connectivity index (χ2v) is 7.16. The van der Waals surface area contributed by atoms with Crippen LogP contribution in [-0.2, 0) is 10.0 Å². The monoisotopic (exact) mass is 353 g/mol. The van der Waals surface area contributed by atoms with Crippen LogP contribution in [0.15, 0.2) is 41.3 Å². The minimum absolute atomic E-state index is 0.511. The molecule has 0 unspecified atom stereocenters. The maximum atomic E-state index is 14.1. The highest BCUT2D eigenvalue weighted by Gasteiger charge is 2.21. The fraction of sp³-hybridized carbons (Fsp3) is 0.176. The Kier molecular flexibility index (Phi) is 4.23. The van der Waals surface area contributed by atoms with Crippen LogP contribution in [0, 0.1) is 17.5 Å². The number of nitrogens with two attached hydrogens (primary N) is 1. The van der Waals surface area contributed by atoms with Gasteiger partial charge in [0.25, 0.3) is 0 Å². The molecule has 1 aliphatic rings. The van der Waals surface area contributed by atoms with Crippen LogP contribution in [0.4, 0.5) is 13.2 Å². The second-order valence-electron chi connectivity index (χ2n) is 5.63. The lowest BCUT2D eigenvalue weighted by molar-refractivity contribution is 0.508. The van der Waals surface area contributed by atoms with Crippen molar-refractivity contribution in [1.29, 1.82) is 0 Å². The summed E-state index contributed by atoms with van der Waals surface area (Å²) in [5.41, 5.74) is 2.65. The zero-order valence-electron chi connectivity index (χ0n) is 12.5. The zero-order valence-corrected chi connectivity index (χ0v) is 13.3. The van der Waals surface area contributed by atoms with Crippen molar-refractivity contribution in [2.75, 3.05) is 0 Å². The van der Waals surface area contributed by atoms with Gasteiger partial charge in [0.1, 0.15) is 10.7 Å². The largest absolute Gasteiger partial charge is 0.240 e. The van der Waals surface area contributed by atoms with Crippen molar-refractivity contribution >= 4 is 21.2 Å². The fourth-order valence-electron chi connectivity index (χ4n) is 2.98. The molecule has 1 aliphatic carbocycles. The van der Waals surface area contributed by atoms with Gasteiger partial charge in [-0.25, -0.2) is 26.7 Å². The number of benzene rings is 2. The molecule has 0 fully saturated rings. The van der Waals surface area contributed by atoms with Gasteiger partial charge < -0.3 is 0 Å². The number of sulfonamides is 1. The molecule has 7 heteroatoms. The van der Waals surface area contributed by atoms with Gasteiger partial charge in [-0.2, -0.15) is 0 Å². The summed E-state index contributed by atoms with van der Waals surface area (Å²) in [4.78, 5) is -0.570. The van der Waals surface area contributed by atoms with E-state index >= 15 is 0 Å². The van der Waals surface area contributed by atoms with E-state index in [4.69, 9.17) is 5.14 Å². The molecular formula is C17H14F3NO2S. The zero-order chi connectivity index (χ0) is 17.5. The van der Waals surface area contributed by atoms with Crippen molar-refractivity contribution in [1.82, 2.24) is 0 Å². The maximum absolute atomic E-state index is 14.1. The number of allylic oxidation sites excluding steroid dienone is 2. The van der Waals surface area contributed by atoms with Gasteiger partial charge in [-0.05, 0) is 65.8 Å². The summed E-state index contributed by atoms with van der Waals surface area (Å²) in [5, 5.41) is 4.95. The fourth-order valence-corrected chi connectivity index (χ4v) is 3.57. The predicted molar refractivity (Wildman–Crippen MR) is 84.8 cm³/mol. The van der Waals surface area contributed by atoms with Crippen LogP contribution in [-0.4, -0.2) is 8.42 Å². The summed E-state index contributed by atoms with van der Waals surface area (Å²) >= 11 is 0. The molecular weight excluding hydrogens is 339 g/mol. The van der Waals surface area contributed by atoms with E-state index in [1.54, 1.807) is 0 Å². The third kappa shape index (κ3) is 3.09. The molecule has 0 radical (unpaired) electrons. The van der Waals surface area contributed by atoms with E-state index in [9.17, 15) is 21.6 Å². The van der Waals surface area contributed by atoms with Crippen LogP contribution in [0.2, 0.25) is 0 Å². The van der Waals surface area contributed by atoms with Crippen LogP contribution in [0.25, 0.3) is 11.1 Å². The van der Waals surface area contributed by atoms with Crippen LogP contribution in [0.5, 0.6) is 0 Å². The van der Waals surface area contributed by atoms with Gasteiger partial charge in [-0.15, -0.1) is 0 Å². The van der Waals surface area contributed by atoms with Gasteiger partial charge in [-0.1, -0.05) is 12.1 Å². The molecule has 0 saturated carbocycles. The lowest BCUT2D eigenvalue weighted by Gasteiger charge is -2.10. The molecule has 0 heterocycles. The van der Waals surface area contributed by atoms with E-state index in [0.717, 1.165) is 41.8 Å². The second kappa shape index (κ2) is 6.07. The quantitative estimate of drug-likeness (QED) is 0.911. The maximum Gasteiger partial charge on any atom is 0.240 e. The van der Waals surface area contributed by atoms with Crippen molar-refractivity contribution < 1.29 is 21.6 Å². The predicted octanol–water partition coefficient (Wildman–Crippen LogP) is 3.85. The summed E-state index contributed by atoms with van der Waals surface area (Å²) in [6.45, 7) is 0. The molecule has 0 bridgehead atoms. The number of primary sulfonamides is 1. The van der Waals surface area contributed by atoms with E-state index in [-0.39, 0.29) is 0 Å². The van der Waals surface area contributed by atoms with Crippen molar-refractivity contribution in [2.45, 2.75) is 24.2 Å². The summed E-state index contributed by atoms with van der Waals surface area (Å²) in [5.74, 6) is -2.80. The minimum Gasteiger partial charge on any atom is -0.225 e. The van der Waals surface area contributed by atoms with E-state index in [2.05, 4.69) is 0 Å². The van der Waals surface area contributed by atoms with Crippen molar-refractivity contribution in [2.24, 2.45) is 5.14 Å². The number of hydrogen-bond donors (Lipinski definition) is 1. The molecule has 2 N–H and O–H groups in total. The first-order valence-electron chi connectivity index (χ1n) is 7.27. The van der Waals surface area contributed by atoms with Gasteiger partial charge >= 0.3 is 0 Å². The Morgan fingerprint density at radius 3 is 1.83 bits per heavy atom. The van der Waals surface area contributed by atoms with E-state index in [1.165, 1.54) is 12.1 Å². The smallest absolute Gasteiger partial charge is 0.225 e. The molecule has 0 aliphatic heterocycles. The van der Waals surface area contributed by atoms with Gasteiger partial charge in [0.15, 0.2) is 11.6 Å². The molecule has 2 aromatic carbocycles. The van der Waals surface area contributed by atoms with Crippen LogP contribution >= 0.6 is 0 Å².